The van der Waals surface area contributed by atoms with Gasteiger partial charge in [0.2, 0.25) is 0 Å². The van der Waals surface area contributed by atoms with Crippen LogP contribution in [0.15, 0.2) is 53.6 Å². The zero-order chi connectivity index (χ0) is 12.6. The first kappa shape index (κ1) is 12.8. The summed E-state index contributed by atoms with van der Waals surface area (Å²) in [6, 6.07) is 8.00. The van der Waals surface area contributed by atoms with Crippen molar-refractivity contribution >= 4 is 23.5 Å². The molecule has 0 aliphatic carbocycles. The van der Waals surface area contributed by atoms with Crippen molar-refractivity contribution in [2.75, 3.05) is 18.0 Å². The Labute approximate surface area is 113 Å². The van der Waals surface area contributed by atoms with E-state index in [0.717, 1.165) is 24.4 Å². The summed E-state index contributed by atoms with van der Waals surface area (Å²) in [6.45, 7) is 0.994. The first-order chi connectivity index (χ1) is 8.84. The van der Waals surface area contributed by atoms with Crippen molar-refractivity contribution in [3.63, 3.8) is 0 Å². The number of nitrogens with two attached hydrogens (primary N) is 1. The van der Waals surface area contributed by atoms with Gasteiger partial charge in [0.15, 0.2) is 0 Å². The fourth-order valence-electron chi connectivity index (χ4n) is 1.65. The van der Waals surface area contributed by atoms with Crippen molar-refractivity contribution in [3.05, 3.63) is 59.2 Å². The van der Waals surface area contributed by atoms with Crippen molar-refractivity contribution in [2.45, 2.75) is 6.42 Å². The van der Waals surface area contributed by atoms with Gasteiger partial charge < -0.3 is 11.1 Å². The molecule has 0 fully saturated rings. The molecule has 1 aromatic rings. The predicted octanol–water partition coefficient (Wildman–Crippen LogP) is 3.41. The molecule has 94 valence electrons. The molecule has 0 radical (unpaired) electrons. The second-order valence-corrected chi connectivity index (χ2v) is 5.29. The molecule has 3 heteroatoms. The molecule has 18 heavy (non-hydrogen) atoms. The van der Waals surface area contributed by atoms with E-state index in [1.165, 1.54) is 10.5 Å². The van der Waals surface area contributed by atoms with E-state index in [4.69, 9.17) is 5.73 Å². The van der Waals surface area contributed by atoms with Crippen LogP contribution in [-0.4, -0.2) is 12.3 Å². The summed E-state index contributed by atoms with van der Waals surface area (Å²) < 4.78 is 0. The third-order valence-electron chi connectivity index (χ3n) is 2.58. The quantitative estimate of drug-likeness (QED) is 0.758. The van der Waals surface area contributed by atoms with Gasteiger partial charge in [0.25, 0.3) is 0 Å². The number of anilines is 1. The second-order valence-electron chi connectivity index (χ2n) is 4.07. The van der Waals surface area contributed by atoms with Crippen molar-refractivity contribution in [1.82, 2.24) is 5.32 Å². The monoisotopic (exact) mass is 258 g/mol. The van der Waals surface area contributed by atoms with Crippen LogP contribution < -0.4 is 11.1 Å². The van der Waals surface area contributed by atoms with Crippen LogP contribution in [0.2, 0.25) is 0 Å². The van der Waals surface area contributed by atoms with E-state index < -0.39 is 0 Å². The van der Waals surface area contributed by atoms with Crippen LogP contribution in [0.5, 0.6) is 0 Å². The molecule has 1 heterocycles. The van der Waals surface area contributed by atoms with E-state index in [9.17, 15) is 0 Å². The Kier molecular flexibility index (Phi) is 4.97. The third-order valence-corrected chi connectivity index (χ3v) is 3.64. The van der Waals surface area contributed by atoms with Gasteiger partial charge in [0, 0.05) is 18.0 Å². The molecule has 2 nitrogen and oxygen atoms in total. The lowest BCUT2D eigenvalue weighted by Crippen LogP contribution is -2.09. The maximum Gasteiger partial charge on any atom is 0.0314 e. The van der Waals surface area contributed by atoms with Gasteiger partial charge in [-0.05, 0) is 47.4 Å². The SMILES string of the molecule is Nc1ccc(/C=C2/C/C=C\C=C/NCCS2)cc1. The van der Waals surface area contributed by atoms with E-state index in [2.05, 4.69) is 35.7 Å². The Morgan fingerprint density at radius 2 is 2.00 bits per heavy atom. The molecular weight excluding hydrogens is 240 g/mol. The van der Waals surface area contributed by atoms with Gasteiger partial charge in [-0.15, -0.1) is 11.8 Å². The Bertz CT molecular complexity index is 458. The van der Waals surface area contributed by atoms with Gasteiger partial charge in [0.05, 0.1) is 0 Å². The van der Waals surface area contributed by atoms with Crippen LogP contribution in [0.25, 0.3) is 6.08 Å². The summed E-state index contributed by atoms with van der Waals surface area (Å²) in [5, 5.41) is 3.25. The fraction of sp³-hybridized carbons (Fsp3) is 0.200. The molecule has 1 aromatic carbocycles. The minimum Gasteiger partial charge on any atom is -0.399 e. The van der Waals surface area contributed by atoms with Gasteiger partial charge in [0.1, 0.15) is 0 Å². The predicted molar refractivity (Wildman–Crippen MR) is 82.2 cm³/mol. The van der Waals surface area contributed by atoms with E-state index in [1.54, 1.807) is 0 Å². The number of rotatable bonds is 1. The van der Waals surface area contributed by atoms with Gasteiger partial charge in [-0.1, -0.05) is 24.3 Å². The maximum absolute atomic E-state index is 5.69. The number of nitrogen functional groups attached to an aromatic ring is 1. The summed E-state index contributed by atoms with van der Waals surface area (Å²) in [7, 11) is 0. The Hall–Kier alpha value is -1.61. The van der Waals surface area contributed by atoms with Crippen molar-refractivity contribution in [3.8, 4) is 0 Å². The molecular formula is C15H18N2S. The molecule has 0 saturated heterocycles. The van der Waals surface area contributed by atoms with Crippen LogP contribution in [0.3, 0.4) is 0 Å². The first-order valence-electron chi connectivity index (χ1n) is 6.08. The Morgan fingerprint density at radius 3 is 2.83 bits per heavy atom. The normalized spacial score (nSPS) is 22.1. The number of hydrogen-bond donors (Lipinski definition) is 2. The van der Waals surface area contributed by atoms with Gasteiger partial charge in [-0.2, -0.15) is 0 Å². The fourth-order valence-corrected chi connectivity index (χ4v) is 2.56. The maximum atomic E-state index is 5.69. The molecule has 0 aromatic heterocycles. The van der Waals surface area contributed by atoms with E-state index in [0.29, 0.717) is 0 Å². The highest BCUT2D eigenvalue weighted by molar-refractivity contribution is 8.03. The third kappa shape index (κ3) is 4.34. The Morgan fingerprint density at radius 1 is 1.17 bits per heavy atom. The molecule has 2 rings (SSSR count). The number of benzene rings is 1. The highest BCUT2D eigenvalue weighted by atomic mass is 32.2. The van der Waals surface area contributed by atoms with E-state index >= 15 is 0 Å². The lowest BCUT2D eigenvalue weighted by Gasteiger charge is -2.07. The highest BCUT2D eigenvalue weighted by Crippen LogP contribution is 2.23. The van der Waals surface area contributed by atoms with E-state index in [-0.39, 0.29) is 0 Å². The summed E-state index contributed by atoms with van der Waals surface area (Å²) in [5.41, 5.74) is 7.71. The van der Waals surface area contributed by atoms with Crippen LogP contribution in [0.1, 0.15) is 12.0 Å². The number of nitrogens with one attached hydrogen (secondary N) is 1. The van der Waals surface area contributed by atoms with Crippen LogP contribution in [0.4, 0.5) is 5.69 Å². The Balaban J connectivity index is 2.10. The smallest absolute Gasteiger partial charge is 0.0314 e. The van der Waals surface area contributed by atoms with Gasteiger partial charge in [-0.3, -0.25) is 0 Å². The molecule has 0 amide bonds. The molecule has 0 spiro atoms. The molecule has 0 atom stereocenters. The zero-order valence-corrected chi connectivity index (χ0v) is 11.1. The minimum absolute atomic E-state index is 0.810. The molecule has 1 aliphatic rings. The lowest BCUT2D eigenvalue weighted by atomic mass is 10.2. The van der Waals surface area contributed by atoms with Crippen LogP contribution >= 0.6 is 11.8 Å². The molecule has 0 saturated carbocycles. The zero-order valence-electron chi connectivity index (χ0n) is 10.3. The molecule has 1 aliphatic heterocycles. The molecule has 0 bridgehead atoms. The van der Waals surface area contributed by atoms with Gasteiger partial charge in [-0.25, -0.2) is 0 Å². The minimum atomic E-state index is 0.810. The lowest BCUT2D eigenvalue weighted by molar-refractivity contribution is 0.929. The van der Waals surface area contributed by atoms with Crippen LogP contribution in [-0.2, 0) is 0 Å². The second kappa shape index (κ2) is 6.97. The average Bonchev–Trinajstić information content (AvgIpc) is 2.40. The summed E-state index contributed by atoms with van der Waals surface area (Å²) in [5.74, 6) is 1.08. The highest BCUT2D eigenvalue weighted by Gasteiger charge is 1.98. The van der Waals surface area contributed by atoms with Crippen molar-refractivity contribution in [1.29, 1.82) is 0 Å². The van der Waals surface area contributed by atoms with Gasteiger partial charge >= 0.3 is 0 Å². The largest absolute Gasteiger partial charge is 0.399 e. The standard InChI is InChI=1S/C15H18N2S/c16-14-7-5-13(6-8-14)12-15-4-2-1-3-9-17-10-11-18-15/h1-3,5-9,12,17H,4,10-11,16H2/b2-1-,9-3-,15-12-. The first-order valence-corrected chi connectivity index (χ1v) is 7.07. The number of allylic oxidation sites excluding steroid dienone is 4. The summed E-state index contributed by atoms with van der Waals surface area (Å²) >= 11 is 1.90. The summed E-state index contributed by atoms with van der Waals surface area (Å²) in [6.07, 6.45) is 11.5. The molecule has 0 unspecified atom stereocenters. The van der Waals surface area contributed by atoms with Crippen molar-refractivity contribution < 1.29 is 0 Å². The number of thioether (sulfide) groups is 1. The summed E-state index contributed by atoms with van der Waals surface area (Å²) in [4.78, 5) is 1.38. The van der Waals surface area contributed by atoms with E-state index in [1.807, 2.05) is 36.2 Å². The molecule has 3 N–H and O–H groups in total. The average molecular weight is 258 g/mol. The topological polar surface area (TPSA) is 38.0 Å². The van der Waals surface area contributed by atoms with Crippen LogP contribution in [0, 0.1) is 0 Å². The number of hydrogen-bond acceptors (Lipinski definition) is 3. The van der Waals surface area contributed by atoms with Crippen molar-refractivity contribution in [2.24, 2.45) is 0 Å².